The molecule has 0 atom stereocenters. The lowest BCUT2D eigenvalue weighted by atomic mass is 10.0. The van der Waals surface area contributed by atoms with Crippen LogP contribution in [0.15, 0.2) is 12.3 Å². The van der Waals surface area contributed by atoms with Gasteiger partial charge >= 0.3 is 0 Å². The molecule has 0 aliphatic carbocycles. The van der Waals surface area contributed by atoms with Crippen molar-refractivity contribution >= 4 is 23.2 Å². The van der Waals surface area contributed by atoms with Crippen molar-refractivity contribution in [3.05, 3.63) is 28.0 Å². The van der Waals surface area contributed by atoms with Gasteiger partial charge in [-0.25, -0.2) is 4.98 Å². The summed E-state index contributed by atoms with van der Waals surface area (Å²) in [5.41, 5.74) is 0.984. The third-order valence-corrected chi connectivity index (χ3v) is 3.14. The summed E-state index contributed by atoms with van der Waals surface area (Å²) in [6.45, 7) is 2.90. The van der Waals surface area contributed by atoms with Crippen LogP contribution in [-0.4, -0.2) is 34.7 Å². The van der Waals surface area contributed by atoms with Crippen LogP contribution in [0.2, 0.25) is 10.2 Å². The van der Waals surface area contributed by atoms with Crippen LogP contribution in [0, 0.1) is 5.92 Å². The second-order valence-electron chi connectivity index (χ2n) is 3.84. The van der Waals surface area contributed by atoms with Crippen LogP contribution < -0.4 is 0 Å². The normalized spacial score (nSPS) is 17.8. The number of hydrogen-bond acceptors (Lipinski definition) is 3. The first kappa shape index (κ1) is 11.1. The van der Waals surface area contributed by atoms with Gasteiger partial charge in [0, 0.05) is 48.9 Å². The Kier molecular flexibility index (Phi) is 3.46. The topological polar surface area (TPSA) is 36.4 Å². The second-order valence-corrected chi connectivity index (χ2v) is 4.64. The molecule has 2 rings (SSSR count). The fourth-order valence-corrected chi connectivity index (χ4v) is 2.14. The van der Waals surface area contributed by atoms with Crippen LogP contribution in [0.1, 0.15) is 5.56 Å². The molecule has 0 saturated carbocycles. The summed E-state index contributed by atoms with van der Waals surface area (Å²) in [4.78, 5) is 6.22. The van der Waals surface area contributed by atoms with Crippen LogP contribution in [0.25, 0.3) is 0 Å². The van der Waals surface area contributed by atoms with Gasteiger partial charge in [0.2, 0.25) is 0 Å². The maximum Gasteiger partial charge on any atom is 0.130 e. The Balaban J connectivity index is 1.94. The molecule has 1 aromatic rings. The van der Waals surface area contributed by atoms with Crippen molar-refractivity contribution in [2.45, 2.75) is 6.54 Å². The molecule has 0 aromatic carbocycles. The first-order chi connectivity index (χ1) is 7.19. The Morgan fingerprint density at radius 3 is 2.80 bits per heavy atom. The highest BCUT2D eigenvalue weighted by Gasteiger charge is 2.26. The van der Waals surface area contributed by atoms with Gasteiger partial charge in [0.1, 0.15) is 5.15 Å². The fraction of sp³-hybridized carbons (Fsp3) is 0.500. The average molecular weight is 247 g/mol. The standard InChI is InChI=1S/C10H12Cl2N2O/c11-9-1-10(12)13-2-8(9)5-14-3-7(4-14)6-15/h1-2,7,15H,3-6H2. The van der Waals surface area contributed by atoms with Crippen molar-refractivity contribution in [1.29, 1.82) is 0 Å². The van der Waals surface area contributed by atoms with Crippen LogP contribution in [0.4, 0.5) is 0 Å². The van der Waals surface area contributed by atoms with Gasteiger partial charge in [-0.15, -0.1) is 0 Å². The average Bonchev–Trinajstić information content (AvgIpc) is 2.13. The molecule has 1 aromatic heterocycles. The quantitative estimate of drug-likeness (QED) is 0.827. The van der Waals surface area contributed by atoms with Crippen LogP contribution in [0.5, 0.6) is 0 Å². The molecule has 0 amide bonds. The number of pyridine rings is 1. The molecule has 0 radical (unpaired) electrons. The lowest BCUT2D eigenvalue weighted by Gasteiger charge is -2.38. The number of halogens is 2. The Labute approximate surface area is 98.6 Å². The predicted octanol–water partition coefficient (Wildman–Crippen LogP) is 1.81. The maximum absolute atomic E-state index is 8.88. The molecule has 1 N–H and O–H groups in total. The van der Waals surface area contributed by atoms with E-state index >= 15 is 0 Å². The zero-order valence-electron chi connectivity index (χ0n) is 8.16. The third-order valence-electron chi connectivity index (χ3n) is 2.58. The zero-order chi connectivity index (χ0) is 10.8. The molecular formula is C10H12Cl2N2O. The maximum atomic E-state index is 8.88. The van der Waals surface area contributed by atoms with E-state index < -0.39 is 0 Å². The van der Waals surface area contributed by atoms with Crippen molar-refractivity contribution in [3.63, 3.8) is 0 Å². The molecule has 3 nitrogen and oxygen atoms in total. The van der Waals surface area contributed by atoms with E-state index in [0.29, 0.717) is 16.1 Å². The highest BCUT2D eigenvalue weighted by atomic mass is 35.5. The first-order valence-corrected chi connectivity index (χ1v) is 5.57. The summed E-state index contributed by atoms with van der Waals surface area (Å²) in [5.74, 6) is 0.420. The van der Waals surface area contributed by atoms with E-state index in [0.717, 1.165) is 25.2 Å². The molecule has 1 aliphatic heterocycles. The molecule has 2 heterocycles. The molecular weight excluding hydrogens is 235 g/mol. The molecule has 5 heteroatoms. The van der Waals surface area contributed by atoms with E-state index in [1.807, 2.05) is 0 Å². The highest BCUT2D eigenvalue weighted by molar-refractivity contribution is 6.34. The van der Waals surface area contributed by atoms with Gasteiger partial charge in [0.15, 0.2) is 0 Å². The number of hydrogen-bond donors (Lipinski definition) is 1. The van der Waals surface area contributed by atoms with Crippen LogP contribution in [-0.2, 0) is 6.54 Å². The Bertz CT molecular complexity index is 353. The van der Waals surface area contributed by atoms with Gasteiger partial charge in [-0.05, 0) is 6.07 Å². The van der Waals surface area contributed by atoms with Gasteiger partial charge in [-0.2, -0.15) is 0 Å². The Hall–Kier alpha value is -0.350. The summed E-state index contributed by atoms with van der Waals surface area (Å²) < 4.78 is 0. The minimum Gasteiger partial charge on any atom is -0.396 e. The number of aliphatic hydroxyl groups excluding tert-OH is 1. The third kappa shape index (κ3) is 2.61. The summed E-state index contributed by atoms with van der Waals surface area (Å²) >= 11 is 11.7. The number of likely N-dealkylation sites (tertiary alicyclic amines) is 1. The molecule has 82 valence electrons. The zero-order valence-corrected chi connectivity index (χ0v) is 9.67. The van der Waals surface area contributed by atoms with Crippen LogP contribution >= 0.6 is 23.2 Å². The summed E-state index contributed by atoms with van der Waals surface area (Å²) in [5, 5.41) is 9.95. The van der Waals surface area contributed by atoms with E-state index in [2.05, 4.69) is 9.88 Å². The first-order valence-electron chi connectivity index (χ1n) is 4.82. The monoisotopic (exact) mass is 246 g/mol. The summed E-state index contributed by atoms with van der Waals surface area (Å²) in [6, 6.07) is 1.65. The van der Waals surface area contributed by atoms with E-state index in [1.165, 1.54) is 0 Å². The minimum atomic E-state index is 0.267. The summed E-state index contributed by atoms with van der Waals surface area (Å²) in [6.07, 6.45) is 1.71. The van der Waals surface area contributed by atoms with Crippen molar-refractivity contribution in [2.24, 2.45) is 5.92 Å². The van der Waals surface area contributed by atoms with Crippen LogP contribution in [0.3, 0.4) is 0 Å². The van der Waals surface area contributed by atoms with E-state index in [9.17, 15) is 0 Å². The minimum absolute atomic E-state index is 0.267. The molecule has 1 saturated heterocycles. The van der Waals surface area contributed by atoms with E-state index in [1.54, 1.807) is 12.3 Å². The van der Waals surface area contributed by atoms with E-state index in [4.69, 9.17) is 28.3 Å². The van der Waals surface area contributed by atoms with Crippen molar-refractivity contribution in [3.8, 4) is 0 Å². The molecule has 0 spiro atoms. The molecule has 0 unspecified atom stereocenters. The molecule has 1 aliphatic rings. The van der Waals surface area contributed by atoms with Gasteiger partial charge in [-0.3, -0.25) is 4.90 Å². The Morgan fingerprint density at radius 1 is 1.47 bits per heavy atom. The van der Waals surface area contributed by atoms with E-state index in [-0.39, 0.29) is 6.61 Å². The number of nitrogens with zero attached hydrogens (tertiary/aromatic N) is 2. The van der Waals surface area contributed by atoms with Crippen molar-refractivity contribution < 1.29 is 5.11 Å². The number of aromatic nitrogens is 1. The molecule has 15 heavy (non-hydrogen) atoms. The van der Waals surface area contributed by atoms with Gasteiger partial charge in [-0.1, -0.05) is 23.2 Å². The van der Waals surface area contributed by atoms with Crippen molar-refractivity contribution in [1.82, 2.24) is 9.88 Å². The lowest BCUT2D eigenvalue weighted by Crippen LogP contribution is -2.47. The lowest BCUT2D eigenvalue weighted by molar-refractivity contribution is 0.0479. The highest BCUT2D eigenvalue weighted by Crippen LogP contribution is 2.23. The molecule has 1 fully saturated rings. The second kappa shape index (κ2) is 4.66. The summed E-state index contributed by atoms with van der Waals surface area (Å²) in [7, 11) is 0. The van der Waals surface area contributed by atoms with Crippen molar-refractivity contribution in [2.75, 3.05) is 19.7 Å². The SMILES string of the molecule is OCC1CN(Cc2cnc(Cl)cc2Cl)C1. The fourth-order valence-electron chi connectivity index (χ4n) is 1.71. The smallest absolute Gasteiger partial charge is 0.130 e. The number of rotatable bonds is 3. The predicted molar refractivity (Wildman–Crippen MR) is 60.1 cm³/mol. The Morgan fingerprint density at radius 2 is 2.20 bits per heavy atom. The van der Waals surface area contributed by atoms with Gasteiger partial charge < -0.3 is 5.11 Å². The van der Waals surface area contributed by atoms with Gasteiger partial charge in [0.05, 0.1) is 0 Å². The number of aliphatic hydroxyl groups is 1. The molecule has 0 bridgehead atoms. The largest absolute Gasteiger partial charge is 0.396 e. The van der Waals surface area contributed by atoms with Gasteiger partial charge in [0.25, 0.3) is 0 Å².